The van der Waals surface area contributed by atoms with Crippen molar-refractivity contribution in [3.05, 3.63) is 30.3 Å². The first-order chi connectivity index (χ1) is 8.72. The molecule has 1 aromatic carbocycles. The van der Waals surface area contributed by atoms with Crippen LogP contribution in [0.15, 0.2) is 30.3 Å². The lowest BCUT2D eigenvalue weighted by Crippen LogP contribution is -2.44. The van der Waals surface area contributed by atoms with E-state index in [1.807, 2.05) is 42.2 Å². The minimum absolute atomic E-state index is 0.168. The van der Waals surface area contributed by atoms with Gasteiger partial charge in [0.25, 0.3) is 0 Å². The van der Waals surface area contributed by atoms with Gasteiger partial charge >= 0.3 is 0 Å². The van der Waals surface area contributed by atoms with Crippen LogP contribution < -0.4 is 10.2 Å². The molecule has 1 fully saturated rings. The Balaban J connectivity index is 2.10. The summed E-state index contributed by atoms with van der Waals surface area (Å²) >= 11 is 0. The summed E-state index contributed by atoms with van der Waals surface area (Å²) in [5, 5.41) is 3.39. The van der Waals surface area contributed by atoms with E-state index in [2.05, 4.69) is 12.2 Å². The lowest BCUT2D eigenvalue weighted by atomic mass is 9.92. The molecule has 0 aromatic heterocycles. The third-order valence-corrected chi connectivity index (χ3v) is 3.62. The molecule has 3 nitrogen and oxygen atoms in total. The molecule has 0 saturated carbocycles. The maximum Gasteiger partial charge on any atom is 0.230 e. The number of para-hydroxylation sites is 1. The van der Waals surface area contributed by atoms with Gasteiger partial charge in [-0.3, -0.25) is 4.79 Å². The van der Waals surface area contributed by atoms with Crippen LogP contribution in [-0.4, -0.2) is 25.0 Å². The first-order valence-corrected chi connectivity index (χ1v) is 6.82. The van der Waals surface area contributed by atoms with E-state index in [9.17, 15) is 4.79 Å². The smallest absolute Gasteiger partial charge is 0.230 e. The molecule has 2 rings (SSSR count). The van der Waals surface area contributed by atoms with E-state index in [1.165, 1.54) is 0 Å². The van der Waals surface area contributed by atoms with Crippen LogP contribution in [-0.2, 0) is 4.79 Å². The Morgan fingerprint density at radius 1 is 1.39 bits per heavy atom. The summed E-state index contributed by atoms with van der Waals surface area (Å²) in [6, 6.07) is 10.4. The number of rotatable bonds is 3. The second-order valence-corrected chi connectivity index (χ2v) is 4.99. The monoisotopic (exact) mass is 246 g/mol. The highest BCUT2D eigenvalue weighted by Crippen LogP contribution is 2.22. The zero-order valence-corrected chi connectivity index (χ0v) is 11.2. The van der Waals surface area contributed by atoms with Crippen molar-refractivity contribution in [2.24, 2.45) is 5.92 Å². The van der Waals surface area contributed by atoms with Crippen LogP contribution in [0.25, 0.3) is 0 Å². The minimum atomic E-state index is 0.168. The van der Waals surface area contributed by atoms with Crippen molar-refractivity contribution in [1.82, 2.24) is 5.32 Å². The molecule has 1 aromatic rings. The molecule has 0 aliphatic carbocycles. The van der Waals surface area contributed by atoms with E-state index in [4.69, 9.17) is 0 Å². The van der Waals surface area contributed by atoms with Crippen LogP contribution in [0.1, 0.15) is 26.7 Å². The molecule has 1 amide bonds. The SMILES string of the molecule is CCN(C(=O)C1CCNC(C)C1)c1ccccc1. The highest BCUT2D eigenvalue weighted by molar-refractivity contribution is 5.95. The molecule has 1 aliphatic heterocycles. The molecular weight excluding hydrogens is 224 g/mol. The number of carbonyl (C=O) groups is 1. The lowest BCUT2D eigenvalue weighted by molar-refractivity contribution is -0.123. The van der Waals surface area contributed by atoms with Crippen molar-refractivity contribution in [2.45, 2.75) is 32.7 Å². The quantitative estimate of drug-likeness (QED) is 0.888. The zero-order chi connectivity index (χ0) is 13.0. The van der Waals surface area contributed by atoms with E-state index in [0.717, 1.165) is 31.6 Å². The van der Waals surface area contributed by atoms with Gasteiger partial charge in [0.05, 0.1) is 0 Å². The Labute approximate surface area is 109 Å². The summed E-state index contributed by atoms with van der Waals surface area (Å²) in [6.07, 6.45) is 1.90. The summed E-state index contributed by atoms with van der Waals surface area (Å²) in [7, 11) is 0. The summed E-state index contributed by atoms with van der Waals surface area (Å²) < 4.78 is 0. The van der Waals surface area contributed by atoms with Crippen molar-refractivity contribution < 1.29 is 4.79 Å². The number of benzene rings is 1. The fourth-order valence-corrected chi connectivity index (χ4v) is 2.65. The topological polar surface area (TPSA) is 32.3 Å². The van der Waals surface area contributed by atoms with Gasteiger partial charge in [-0.15, -0.1) is 0 Å². The number of carbonyl (C=O) groups excluding carboxylic acids is 1. The van der Waals surface area contributed by atoms with Gasteiger partial charge < -0.3 is 10.2 Å². The van der Waals surface area contributed by atoms with Gasteiger partial charge in [-0.2, -0.15) is 0 Å². The Morgan fingerprint density at radius 2 is 2.11 bits per heavy atom. The molecule has 1 aliphatic rings. The number of hydrogen-bond donors (Lipinski definition) is 1. The van der Waals surface area contributed by atoms with Gasteiger partial charge in [-0.25, -0.2) is 0 Å². The van der Waals surface area contributed by atoms with E-state index in [1.54, 1.807) is 0 Å². The standard InChI is InChI=1S/C15H22N2O/c1-3-17(14-7-5-4-6-8-14)15(18)13-9-10-16-12(2)11-13/h4-8,12-13,16H,3,9-11H2,1-2H3. The molecule has 1 heterocycles. The second-order valence-electron chi connectivity index (χ2n) is 4.99. The van der Waals surface area contributed by atoms with Crippen LogP contribution in [0.4, 0.5) is 5.69 Å². The highest BCUT2D eigenvalue weighted by atomic mass is 16.2. The summed E-state index contributed by atoms with van der Waals surface area (Å²) in [4.78, 5) is 14.5. The number of nitrogens with one attached hydrogen (secondary N) is 1. The van der Waals surface area contributed by atoms with Crippen LogP contribution in [0, 0.1) is 5.92 Å². The van der Waals surface area contributed by atoms with E-state index >= 15 is 0 Å². The molecule has 0 spiro atoms. The van der Waals surface area contributed by atoms with Crippen molar-refractivity contribution in [1.29, 1.82) is 0 Å². The first-order valence-electron chi connectivity index (χ1n) is 6.82. The fourth-order valence-electron chi connectivity index (χ4n) is 2.65. The Hall–Kier alpha value is -1.35. The Bertz CT molecular complexity index is 391. The number of amides is 1. The number of anilines is 1. The normalized spacial score (nSPS) is 23.7. The molecule has 2 unspecified atom stereocenters. The number of nitrogens with zero attached hydrogens (tertiary/aromatic N) is 1. The first kappa shape index (κ1) is 13.1. The summed E-state index contributed by atoms with van der Waals surface area (Å²) in [6.45, 7) is 5.87. The number of piperidine rings is 1. The Kier molecular flexibility index (Phi) is 4.37. The molecule has 0 bridgehead atoms. The summed E-state index contributed by atoms with van der Waals surface area (Å²) in [5.74, 6) is 0.443. The van der Waals surface area contributed by atoms with Crippen LogP contribution >= 0.6 is 0 Å². The molecule has 98 valence electrons. The molecule has 1 saturated heterocycles. The third kappa shape index (κ3) is 2.91. The maximum absolute atomic E-state index is 12.6. The predicted octanol–water partition coefficient (Wildman–Crippen LogP) is 2.43. The van der Waals surface area contributed by atoms with Gasteiger partial charge in [0.1, 0.15) is 0 Å². The van der Waals surface area contributed by atoms with Gasteiger partial charge in [-0.05, 0) is 45.4 Å². The fraction of sp³-hybridized carbons (Fsp3) is 0.533. The van der Waals surface area contributed by atoms with Gasteiger partial charge in [0, 0.05) is 24.2 Å². The molecule has 2 atom stereocenters. The van der Waals surface area contributed by atoms with Crippen LogP contribution in [0.3, 0.4) is 0 Å². The highest BCUT2D eigenvalue weighted by Gasteiger charge is 2.28. The molecule has 0 radical (unpaired) electrons. The average molecular weight is 246 g/mol. The largest absolute Gasteiger partial charge is 0.314 e. The zero-order valence-electron chi connectivity index (χ0n) is 11.2. The van der Waals surface area contributed by atoms with Crippen LogP contribution in [0.2, 0.25) is 0 Å². The number of hydrogen-bond acceptors (Lipinski definition) is 2. The third-order valence-electron chi connectivity index (χ3n) is 3.62. The molecular formula is C15H22N2O. The van der Waals surface area contributed by atoms with E-state index in [0.29, 0.717) is 6.04 Å². The second kappa shape index (κ2) is 6.01. The molecule has 3 heteroatoms. The van der Waals surface area contributed by atoms with Gasteiger partial charge in [-0.1, -0.05) is 18.2 Å². The van der Waals surface area contributed by atoms with E-state index < -0.39 is 0 Å². The van der Waals surface area contributed by atoms with Gasteiger partial charge in [0.2, 0.25) is 5.91 Å². The van der Waals surface area contributed by atoms with Crippen molar-refractivity contribution in [3.63, 3.8) is 0 Å². The summed E-state index contributed by atoms with van der Waals surface area (Å²) in [5.41, 5.74) is 1.01. The average Bonchev–Trinajstić information content (AvgIpc) is 2.41. The van der Waals surface area contributed by atoms with Gasteiger partial charge in [0.15, 0.2) is 0 Å². The lowest BCUT2D eigenvalue weighted by Gasteiger charge is -2.31. The molecule has 18 heavy (non-hydrogen) atoms. The maximum atomic E-state index is 12.6. The van der Waals surface area contributed by atoms with E-state index in [-0.39, 0.29) is 11.8 Å². The van der Waals surface area contributed by atoms with Crippen molar-refractivity contribution in [2.75, 3.05) is 18.0 Å². The van der Waals surface area contributed by atoms with Crippen molar-refractivity contribution in [3.8, 4) is 0 Å². The van der Waals surface area contributed by atoms with Crippen molar-refractivity contribution >= 4 is 11.6 Å². The van der Waals surface area contributed by atoms with Crippen LogP contribution in [0.5, 0.6) is 0 Å². The Morgan fingerprint density at radius 3 is 2.72 bits per heavy atom. The minimum Gasteiger partial charge on any atom is -0.314 e. The predicted molar refractivity (Wildman–Crippen MR) is 74.7 cm³/mol. The molecule has 1 N–H and O–H groups in total.